The summed E-state index contributed by atoms with van der Waals surface area (Å²) in [6.45, 7) is 3.75. The van der Waals surface area contributed by atoms with Crippen molar-refractivity contribution in [3.8, 4) is 0 Å². The van der Waals surface area contributed by atoms with Gasteiger partial charge >= 0.3 is 0 Å². The maximum Gasteiger partial charge on any atom is 0.257 e. The number of imide groups is 1. The standard InChI is InChI=1S/C13H12NO2/c1-2-14-12(15)9-11(13(14)16)8-10-6-4-3-5-7-10/h3-7,9H,1-2,8H2. The Hall–Kier alpha value is -1.90. The maximum atomic E-state index is 11.7. The molecule has 1 radical (unpaired) electrons. The third-order valence-corrected chi connectivity index (χ3v) is 2.54. The van der Waals surface area contributed by atoms with E-state index in [1.54, 1.807) is 0 Å². The van der Waals surface area contributed by atoms with E-state index in [2.05, 4.69) is 6.92 Å². The molecule has 81 valence electrons. The molecular formula is C13H12NO2. The summed E-state index contributed by atoms with van der Waals surface area (Å²) in [4.78, 5) is 24.3. The normalized spacial score (nSPS) is 15.6. The third-order valence-electron chi connectivity index (χ3n) is 2.54. The van der Waals surface area contributed by atoms with Crippen molar-refractivity contribution in [1.29, 1.82) is 0 Å². The Balaban J connectivity index is 2.16. The SMILES string of the molecule is [CH2]CN1C(=O)C=C(Cc2ccccc2)C1=O. The zero-order valence-corrected chi connectivity index (χ0v) is 8.85. The highest BCUT2D eigenvalue weighted by molar-refractivity contribution is 6.16. The number of carbonyl (C=O) groups excluding carboxylic acids is 2. The summed E-state index contributed by atoms with van der Waals surface area (Å²) in [5.41, 5.74) is 1.57. The van der Waals surface area contributed by atoms with E-state index in [-0.39, 0.29) is 18.4 Å². The molecule has 0 spiro atoms. The lowest BCUT2D eigenvalue weighted by atomic mass is 10.1. The van der Waals surface area contributed by atoms with E-state index in [1.807, 2.05) is 30.3 Å². The Morgan fingerprint density at radius 3 is 2.38 bits per heavy atom. The van der Waals surface area contributed by atoms with E-state index in [4.69, 9.17) is 0 Å². The molecule has 3 heteroatoms. The zero-order valence-electron chi connectivity index (χ0n) is 8.85. The smallest absolute Gasteiger partial charge is 0.257 e. The van der Waals surface area contributed by atoms with Gasteiger partial charge in [-0.05, 0) is 12.5 Å². The Kier molecular flexibility index (Phi) is 2.86. The number of nitrogens with zero attached hydrogens (tertiary/aromatic N) is 1. The van der Waals surface area contributed by atoms with E-state index in [0.717, 1.165) is 10.5 Å². The van der Waals surface area contributed by atoms with E-state index < -0.39 is 0 Å². The van der Waals surface area contributed by atoms with E-state index >= 15 is 0 Å². The van der Waals surface area contributed by atoms with Gasteiger partial charge in [0.15, 0.2) is 0 Å². The summed E-state index contributed by atoms with van der Waals surface area (Å²) < 4.78 is 0. The van der Waals surface area contributed by atoms with Crippen molar-refractivity contribution >= 4 is 11.8 Å². The molecule has 0 saturated heterocycles. The molecule has 2 rings (SSSR count). The van der Waals surface area contributed by atoms with Gasteiger partial charge < -0.3 is 0 Å². The Labute approximate surface area is 94.4 Å². The Morgan fingerprint density at radius 2 is 1.81 bits per heavy atom. The molecule has 0 unspecified atom stereocenters. The van der Waals surface area contributed by atoms with Crippen molar-refractivity contribution in [1.82, 2.24) is 4.90 Å². The van der Waals surface area contributed by atoms with Gasteiger partial charge in [-0.15, -0.1) is 0 Å². The number of carbonyl (C=O) groups is 2. The van der Waals surface area contributed by atoms with Gasteiger partial charge in [0, 0.05) is 24.6 Å². The molecule has 0 bridgehead atoms. The largest absolute Gasteiger partial charge is 0.275 e. The molecule has 16 heavy (non-hydrogen) atoms. The first-order valence-electron chi connectivity index (χ1n) is 5.12. The molecule has 1 heterocycles. The van der Waals surface area contributed by atoms with Crippen LogP contribution >= 0.6 is 0 Å². The minimum atomic E-state index is -0.258. The number of hydrogen-bond acceptors (Lipinski definition) is 2. The quantitative estimate of drug-likeness (QED) is 0.712. The van der Waals surface area contributed by atoms with Crippen LogP contribution in [0.3, 0.4) is 0 Å². The van der Waals surface area contributed by atoms with E-state index in [9.17, 15) is 9.59 Å². The molecule has 0 fully saturated rings. The van der Waals surface area contributed by atoms with Crippen LogP contribution in [0.2, 0.25) is 0 Å². The lowest BCUT2D eigenvalue weighted by molar-refractivity contribution is -0.136. The van der Waals surface area contributed by atoms with Gasteiger partial charge in [-0.3, -0.25) is 14.5 Å². The molecule has 1 aliphatic heterocycles. The van der Waals surface area contributed by atoms with Crippen LogP contribution in [0.15, 0.2) is 42.0 Å². The monoisotopic (exact) mass is 214 g/mol. The van der Waals surface area contributed by atoms with Gasteiger partial charge in [0.05, 0.1) is 0 Å². The first-order valence-corrected chi connectivity index (χ1v) is 5.12. The van der Waals surface area contributed by atoms with E-state index in [1.165, 1.54) is 6.08 Å². The van der Waals surface area contributed by atoms with Crippen LogP contribution in [-0.4, -0.2) is 23.3 Å². The first kappa shape index (κ1) is 10.6. The first-order chi connectivity index (χ1) is 7.72. The molecule has 1 aliphatic rings. The van der Waals surface area contributed by atoms with Crippen molar-refractivity contribution in [3.05, 3.63) is 54.5 Å². The maximum absolute atomic E-state index is 11.7. The highest BCUT2D eigenvalue weighted by Crippen LogP contribution is 2.17. The second kappa shape index (κ2) is 4.31. The molecular weight excluding hydrogens is 202 g/mol. The van der Waals surface area contributed by atoms with Crippen LogP contribution in [0.4, 0.5) is 0 Å². The van der Waals surface area contributed by atoms with Crippen LogP contribution < -0.4 is 0 Å². The van der Waals surface area contributed by atoms with Crippen molar-refractivity contribution in [2.24, 2.45) is 0 Å². The van der Waals surface area contributed by atoms with Gasteiger partial charge in [0.1, 0.15) is 0 Å². The number of hydrogen-bond donors (Lipinski definition) is 0. The molecule has 1 aromatic carbocycles. The fraction of sp³-hybridized carbons (Fsp3) is 0.154. The van der Waals surface area contributed by atoms with Gasteiger partial charge in [0.25, 0.3) is 11.8 Å². The lowest BCUT2D eigenvalue weighted by Gasteiger charge is -2.11. The minimum absolute atomic E-state index is 0.187. The van der Waals surface area contributed by atoms with Crippen molar-refractivity contribution in [2.45, 2.75) is 6.42 Å². The predicted octanol–water partition coefficient (Wildman–Crippen LogP) is 1.36. The molecule has 0 atom stereocenters. The molecule has 0 aromatic heterocycles. The highest BCUT2D eigenvalue weighted by Gasteiger charge is 2.29. The molecule has 3 nitrogen and oxygen atoms in total. The summed E-state index contributed by atoms with van der Waals surface area (Å²) in [6.07, 6.45) is 1.91. The minimum Gasteiger partial charge on any atom is -0.275 e. The fourth-order valence-corrected chi connectivity index (χ4v) is 1.72. The fourth-order valence-electron chi connectivity index (χ4n) is 1.72. The molecule has 0 aliphatic carbocycles. The number of benzene rings is 1. The average molecular weight is 214 g/mol. The number of amides is 2. The number of rotatable bonds is 3. The molecule has 0 saturated carbocycles. The third kappa shape index (κ3) is 1.89. The topological polar surface area (TPSA) is 37.4 Å². The summed E-state index contributed by atoms with van der Waals surface area (Å²) >= 11 is 0. The van der Waals surface area contributed by atoms with Crippen LogP contribution in [0.25, 0.3) is 0 Å². The molecule has 0 N–H and O–H groups in total. The summed E-state index contributed by atoms with van der Waals surface area (Å²) in [7, 11) is 0. The van der Waals surface area contributed by atoms with Crippen molar-refractivity contribution < 1.29 is 9.59 Å². The second-order valence-electron chi connectivity index (χ2n) is 3.63. The van der Waals surface area contributed by atoms with Crippen LogP contribution in [0, 0.1) is 6.92 Å². The summed E-state index contributed by atoms with van der Waals surface area (Å²) in [6, 6.07) is 9.62. The van der Waals surface area contributed by atoms with Crippen LogP contribution in [0.1, 0.15) is 5.56 Å². The van der Waals surface area contributed by atoms with Gasteiger partial charge in [0.2, 0.25) is 0 Å². The lowest BCUT2D eigenvalue weighted by Crippen LogP contribution is -2.30. The van der Waals surface area contributed by atoms with Gasteiger partial charge in [-0.2, -0.15) is 0 Å². The Morgan fingerprint density at radius 1 is 1.12 bits per heavy atom. The van der Waals surface area contributed by atoms with Crippen LogP contribution in [-0.2, 0) is 16.0 Å². The van der Waals surface area contributed by atoms with Crippen molar-refractivity contribution in [2.75, 3.05) is 6.54 Å². The Bertz CT molecular complexity index is 448. The average Bonchev–Trinajstić information content (AvgIpc) is 2.55. The second-order valence-corrected chi connectivity index (χ2v) is 3.63. The van der Waals surface area contributed by atoms with E-state index in [0.29, 0.717) is 12.0 Å². The molecule has 1 aromatic rings. The van der Waals surface area contributed by atoms with Crippen molar-refractivity contribution in [3.63, 3.8) is 0 Å². The zero-order chi connectivity index (χ0) is 11.5. The summed E-state index contributed by atoms with van der Waals surface area (Å²) in [5.74, 6) is -0.477. The molecule has 2 amide bonds. The predicted molar refractivity (Wildman–Crippen MR) is 60.3 cm³/mol. The van der Waals surface area contributed by atoms with Gasteiger partial charge in [-0.25, -0.2) is 0 Å². The highest BCUT2D eigenvalue weighted by atomic mass is 16.2. The van der Waals surface area contributed by atoms with Crippen LogP contribution in [0.5, 0.6) is 0 Å². The summed E-state index contributed by atoms with van der Waals surface area (Å²) in [5, 5.41) is 0. The van der Waals surface area contributed by atoms with Gasteiger partial charge in [-0.1, -0.05) is 30.3 Å².